The van der Waals surface area contributed by atoms with Crippen molar-refractivity contribution in [3.05, 3.63) is 78.4 Å². The first-order chi connectivity index (χ1) is 14.8. The highest BCUT2D eigenvalue weighted by Crippen LogP contribution is 2.31. The lowest BCUT2D eigenvalue weighted by molar-refractivity contribution is -0.140. The molecule has 3 aromatic carbocycles. The first kappa shape index (κ1) is 21.1. The van der Waals surface area contributed by atoms with E-state index in [1.54, 1.807) is 26.0 Å². The molecule has 0 saturated heterocycles. The van der Waals surface area contributed by atoms with Gasteiger partial charge in [-0.05, 0) is 35.7 Å². The van der Waals surface area contributed by atoms with Gasteiger partial charge in [-0.25, -0.2) is 8.42 Å². The highest BCUT2D eigenvalue weighted by atomic mass is 32.2. The highest BCUT2D eigenvalue weighted by Gasteiger charge is 2.28. The molecule has 160 valence electrons. The van der Waals surface area contributed by atoms with Crippen LogP contribution in [0.5, 0.6) is 0 Å². The zero-order chi connectivity index (χ0) is 22.2. The molecule has 4 rings (SSSR count). The number of aromatic nitrogens is 1. The van der Waals surface area contributed by atoms with Crippen molar-refractivity contribution in [3.8, 4) is 0 Å². The van der Waals surface area contributed by atoms with Gasteiger partial charge in [0.25, 0.3) is 0 Å². The smallest absolute Gasteiger partial charge is 0.322 e. The number of carboxylic acids is 1. The zero-order valence-corrected chi connectivity index (χ0v) is 18.1. The molecule has 4 aromatic rings. The second-order valence-corrected chi connectivity index (χ2v) is 9.66. The number of hydrogen-bond acceptors (Lipinski definition) is 3. The number of sulfonamides is 1. The number of rotatable bonds is 7. The van der Waals surface area contributed by atoms with Crippen molar-refractivity contribution in [2.24, 2.45) is 5.92 Å². The number of hydrogen-bond donors (Lipinski definition) is 2. The van der Waals surface area contributed by atoms with E-state index >= 15 is 0 Å². The fourth-order valence-corrected chi connectivity index (χ4v) is 5.21. The second-order valence-electron chi connectivity index (χ2n) is 7.95. The number of aliphatic carboxylic acids is 1. The Morgan fingerprint density at radius 1 is 0.935 bits per heavy atom. The van der Waals surface area contributed by atoms with E-state index in [2.05, 4.69) is 21.4 Å². The summed E-state index contributed by atoms with van der Waals surface area (Å²) in [5.41, 5.74) is 3.07. The second kappa shape index (κ2) is 8.17. The van der Waals surface area contributed by atoms with Crippen LogP contribution in [0, 0.1) is 5.92 Å². The van der Waals surface area contributed by atoms with Gasteiger partial charge in [0.2, 0.25) is 10.0 Å². The molecule has 1 heterocycles. The van der Waals surface area contributed by atoms with Crippen molar-refractivity contribution in [3.63, 3.8) is 0 Å². The van der Waals surface area contributed by atoms with E-state index in [-0.39, 0.29) is 10.8 Å². The van der Waals surface area contributed by atoms with Gasteiger partial charge in [-0.15, -0.1) is 0 Å². The lowest BCUT2D eigenvalue weighted by Gasteiger charge is -2.18. The maximum atomic E-state index is 12.9. The Morgan fingerprint density at radius 3 is 2.26 bits per heavy atom. The molecule has 0 fully saturated rings. The molecule has 7 heteroatoms. The normalized spacial score (nSPS) is 13.1. The number of nitrogens with one attached hydrogen (secondary N) is 1. The molecular weight excluding hydrogens is 412 g/mol. The monoisotopic (exact) mass is 436 g/mol. The fourth-order valence-electron chi connectivity index (χ4n) is 3.84. The topological polar surface area (TPSA) is 88.4 Å². The van der Waals surface area contributed by atoms with E-state index in [0.717, 1.165) is 27.4 Å². The minimum absolute atomic E-state index is 0.0505. The number of para-hydroxylation sites is 1. The predicted octanol–water partition coefficient (Wildman–Crippen LogP) is 4.23. The number of carbonyl (C=O) groups is 1. The first-order valence-electron chi connectivity index (χ1n) is 10.1. The third-order valence-corrected chi connectivity index (χ3v) is 6.89. The summed E-state index contributed by atoms with van der Waals surface area (Å²) in [5, 5.41) is 11.1. The summed E-state index contributed by atoms with van der Waals surface area (Å²) in [4.78, 5) is 11.5. The molecule has 2 N–H and O–H groups in total. The van der Waals surface area contributed by atoms with Crippen LogP contribution >= 0.6 is 0 Å². The Bertz CT molecular complexity index is 1360. The average Bonchev–Trinajstić information content (AvgIpc) is 3.06. The maximum absolute atomic E-state index is 12.9. The molecule has 0 aliphatic carbocycles. The van der Waals surface area contributed by atoms with E-state index in [4.69, 9.17) is 0 Å². The van der Waals surface area contributed by atoms with Crippen LogP contribution in [-0.2, 0) is 21.4 Å². The van der Waals surface area contributed by atoms with Gasteiger partial charge >= 0.3 is 5.97 Å². The molecule has 0 radical (unpaired) electrons. The molecule has 0 spiro atoms. The molecule has 0 aliphatic rings. The predicted molar refractivity (Wildman–Crippen MR) is 122 cm³/mol. The van der Waals surface area contributed by atoms with Gasteiger partial charge in [0, 0.05) is 28.4 Å². The van der Waals surface area contributed by atoms with Crippen molar-refractivity contribution in [2.75, 3.05) is 0 Å². The molecule has 0 amide bonds. The van der Waals surface area contributed by atoms with Crippen LogP contribution in [-0.4, -0.2) is 30.1 Å². The van der Waals surface area contributed by atoms with Gasteiger partial charge in [0.1, 0.15) is 6.04 Å². The molecule has 0 saturated carbocycles. The Hall–Kier alpha value is -3.16. The lowest BCUT2D eigenvalue weighted by atomic mass is 10.1. The SMILES string of the molecule is CC(C)C(NS(=O)(=O)c1ccc2c(c1)c1ccccc1n2Cc1ccccc1)C(=O)O. The standard InChI is InChI=1S/C24H24N2O4S/c1-16(2)23(24(27)28)25-31(29,30)18-12-13-22-20(14-18)19-10-6-7-11-21(19)26(22)15-17-8-4-3-5-9-17/h3-14,16,23,25H,15H2,1-2H3,(H,27,28). The molecule has 0 bridgehead atoms. The lowest BCUT2D eigenvalue weighted by Crippen LogP contribution is -2.44. The van der Waals surface area contributed by atoms with E-state index in [1.165, 1.54) is 6.07 Å². The van der Waals surface area contributed by atoms with Crippen LogP contribution in [0.1, 0.15) is 19.4 Å². The Labute approximate surface area is 181 Å². The van der Waals surface area contributed by atoms with Gasteiger partial charge in [-0.2, -0.15) is 4.72 Å². The zero-order valence-electron chi connectivity index (χ0n) is 17.3. The van der Waals surface area contributed by atoms with Gasteiger partial charge in [0.05, 0.1) is 4.90 Å². The number of fused-ring (bicyclic) bond motifs is 3. The molecule has 1 aromatic heterocycles. The Kier molecular flexibility index (Phi) is 5.56. The third kappa shape index (κ3) is 4.06. The highest BCUT2D eigenvalue weighted by molar-refractivity contribution is 7.89. The van der Waals surface area contributed by atoms with E-state index in [0.29, 0.717) is 6.54 Å². The summed E-state index contributed by atoms with van der Waals surface area (Å²) >= 11 is 0. The molecule has 0 aliphatic heterocycles. The van der Waals surface area contributed by atoms with Crippen LogP contribution in [0.25, 0.3) is 21.8 Å². The van der Waals surface area contributed by atoms with Crippen LogP contribution in [0.2, 0.25) is 0 Å². The molecule has 31 heavy (non-hydrogen) atoms. The fraction of sp³-hybridized carbons (Fsp3) is 0.208. The van der Waals surface area contributed by atoms with Gasteiger partial charge in [-0.1, -0.05) is 62.4 Å². The van der Waals surface area contributed by atoms with E-state index in [9.17, 15) is 18.3 Å². The van der Waals surface area contributed by atoms with E-state index in [1.807, 2.05) is 42.5 Å². The Morgan fingerprint density at radius 2 is 1.58 bits per heavy atom. The van der Waals surface area contributed by atoms with Crippen molar-refractivity contribution in [2.45, 2.75) is 31.3 Å². The quantitative estimate of drug-likeness (QED) is 0.454. The molecule has 1 unspecified atom stereocenters. The molecule has 6 nitrogen and oxygen atoms in total. The number of benzene rings is 3. The molecular formula is C24H24N2O4S. The van der Waals surface area contributed by atoms with E-state index < -0.39 is 22.0 Å². The summed E-state index contributed by atoms with van der Waals surface area (Å²) in [5.74, 6) is -1.58. The van der Waals surface area contributed by atoms with Crippen molar-refractivity contribution in [1.29, 1.82) is 0 Å². The summed E-state index contributed by atoms with van der Waals surface area (Å²) < 4.78 is 30.4. The third-order valence-electron chi connectivity index (χ3n) is 5.45. The summed E-state index contributed by atoms with van der Waals surface area (Å²) in [7, 11) is -4.00. The van der Waals surface area contributed by atoms with Gasteiger partial charge < -0.3 is 9.67 Å². The average molecular weight is 437 g/mol. The van der Waals surface area contributed by atoms with Crippen LogP contribution in [0.15, 0.2) is 77.7 Å². The van der Waals surface area contributed by atoms with Crippen molar-refractivity contribution < 1.29 is 18.3 Å². The first-order valence-corrected chi connectivity index (χ1v) is 11.6. The maximum Gasteiger partial charge on any atom is 0.322 e. The van der Waals surface area contributed by atoms with Gasteiger partial charge in [-0.3, -0.25) is 4.79 Å². The largest absolute Gasteiger partial charge is 0.480 e. The molecule has 1 atom stereocenters. The Balaban J connectivity index is 1.83. The minimum atomic E-state index is -4.00. The summed E-state index contributed by atoms with van der Waals surface area (Å²) in [6.45, 7) is 3.99. The number of carboxylic acid groups (broad SMARTS) is 1. The van der Waals surface area contributed by atoms with Crippen LogP contribution in [0.4, 0.5) is 0 Å². The van der Waals surface area contributed by atoms with Crippen molar-refractivity contribution >= 4 is 37.8 Å². The van der Waals surface area contributed by atoms with Crippen LogP contribution < -0.4 is 4.72 Å². The summed E-state index contributed by atoms with van der Waals surface area (Å²) in [6.07, 6.45) is 0. The number of nitrogens with zero attached hydrogens (tertiary/aromatic N) is 1. The van der Waals surface area contributed by atoms with Crippen molar-refractivity contribution in [1.82, 2.24) is 9.29 Å². The summed E-state index contributed by atoms with van der Waals surface area (Å²) in [6, 6.07) is 21.7. The van der Waals surface area contributed by atoms with Gasteiger partial charge in [0.15, 0.2) is 0 Å². The van der Waals surface area contributed by atoms with Crippen LogP contribution in [0.3, 0.4) is 0 Å². The minimum Gasteiger partial charge on any atom is -0.480 e.